The Kier molecular flexibility index (Phi) is 17.0. The van der Waals surface area contributed by atoms with E-state index in [0.717, 1.165) is 56.9 Å². The molecule has 72 heavy (non-hydrogen) atoms. The molecule has 0 spiro atoms. The maximum Gasteiger partial charge on any atom is -0.00391 e. The number of halogens is 2. The van der Waals surface area contributed by atoms with Crippen LogP contribution in [0.5, 0.6) is 0 Å². The molecular weight excluding hydrogens is 1010 g/mol. The van der Waals surface area contributed by atoms with E-state index >= 15 is 0 Å². The summed E-state index contributed by atoms with van der Waals surface area (Å²) in [6.07, 6.45) is 36.2. The van der Waals surface area contributed by atoms with Crippen LogP contribution >= 0.6 is 17.0 Å². The van der Waals surface area contributed by atoms with E-state index in [-0.39, 0.29) is 0 Å². The van der Waals surface area contributed by atoms with Crippen LogP contribution in [0.2, 0.25) is 12.6 Å². The monoisotopic (exact) mass is 1090 g/mol. The summed E-state index contributed by atoms with van der Waals surface area (Å²) in [6, 6.07) is 45.0. The van der Waals surface area contributed by atoms with Crippen LogP contribution < -0.4 is 0 Å². The summed E-state index contributed by atoms with van der Waals surface area (Å²) >= 11 is -0.826. The van der Waals surface area contributed by atoms with Crippen LogP contribution in [0.15, 0.2) is 109 Å². The van der Waals surface area contributed by atoms with Crippen molar-refractivity contribution in [1.82, 2.24) is 0 Å². The van der Waals surface area contributed by atoms with Gasteiger partial charge in [0, 0.05) is 9.52 Å². The number of hydrogen-bond donors (Lipinski definition) is 0. The fourth-order valence-corrected chi connectivity index (χ4v) is 18.5. The zero-order chi connectivity index (χ0) is 49.1. The summed E-state index contributed by atoms with van der Waals surface area (Å²) in [5.74, 6) is 7.90. The van der Waals surface area contributed by atoms with Crippen molar-refractivity contribution in [2.24, 2.45) is 47.3 Å². The second-order valence-corrected chi connectivity index (χ2v) is 30.4. The van der Waals surface area contributed by atoms with Gasteiger partial charge in [0.1, 0.15) is 0 Å². The Bertz CT molecular complexity index is 2420. The standard InChI is InChI=1S/2C32H37.C4H10Si.2ClH.Zr/c2*1-2-5-22(6-3-1)13-23-17-28-7-4-8-30(31(28)18-23)27-9-11-29(12-10-27)32-19-24-14-25(20-32)16-26(15-24)21-32;1-3-4-5-2;;;/h2*4,7-12,17-18,22,24-26H,1-3,5-6,13-16,19-21H2;3-4H2,1-2H3;2*1H;/q2*-1;;;;+4/p-2. The first-order chi connectivity index (χ1) is 35.3. The summed E-state index contributed by atoms with van der Waals surface area (Å²) in [5, 5.41) is 5.78. The molecular formula is C68H84Cl2SiZr. The maximum atomic E-state index is 4.93. The molecule has 0 aliphatic heterocycles. The topological polar surface area (TPSA) is 0 Å². The average molecular weight is 1090 g/mol. The van der Waals surface area contributed by atoms with Gasteiger partial charge in [0.25, 0.3) is 0 Å². The minimum atomic E-state index is -0.826. The molecule has 0 unspecified atom stereocenters. The SMILES string of the molecule is CCC[Si]C.[Cl][Zr+2][Cl].c1cc(-c2ccc(C34CC5CC(CC(C5)C3)C4)cc2)c2cc(CC3CCCCC3)[cH-]c2c1.c1cc(-c2ccc(C34CC5CC(CC(C5)C3)C4)cc2)c2cc(CC3CCCCC3)[cH-]c2c1. The second-order valence-electron chi connectivity index (χ2n) is 25.5. The maximum absolute atomic E-state index is 4.93. The molecule has 0 atom stereocenters. The van der Waals surface area contributed by atoms with Crippen molar-refractivity contribution in [1.29, 1.82) is 0 Å². The van der Waals surface area contributed by atoms with Gasteiger partial charge in [-0.2, -0.15) is 12.1 Å². The quantitative estimate of drug-likeness (QED) is 0.0947. The van der Waals surface area contributed by atoms with Crippen LogP contribution in [-0.2, 0) is 44.5 Å². The molecule has 0 N–H and O–H groups in total. The predicted molar refractivity (Wildman–Crippen MR) is 309 cm³/mol. The molecule has 378 valence electrons. The van der Waals surface area contributed by atoms with Crippen LogP contribution in [0.4, 0.5) is 0 Å². The molecule has 0 aromatic heterocycles. The van der Waals surface area contributed by atoms with E-state index in [9.17, 15) is 0 Å². The molecule has 10 fully saturated rings. The Morgan fingerprint density at radius 1 is 0.500 bits per heavy atom. The number of rotatable bonds is 10. The van der Waals surface area contributed by atoms with E-state index in [1.165, 1.54) is 210 Å². The first-order valence-corrected chi connectivity index (χ1v) is 37.5. The Morgan fingerprint density at radius 2 is 0.847 bits per heavy atom. The van der Waals surface area contributed by atoms with Crippen molar-refractivity contribution in [3.63, 3.8) is 0 Å². The third-order valence-corrected chi connectivity index (χ3v) is 21.3. The van der Waals surface area contributed by atoms with Gasteiger partial charge in [-0.05, 0) is 170 Å². The Hall–Kier alpha value is -2.22. The average Bonchev–Trinajstić information content (AvgIpc) is 4.01. The summed E-state index contributed by atoms with van der Waals surface area (Å²) in [7, 11) is 11.0. The first-order valence-electron chi connectivity index (χ1n) is 29.5. The van der Waals surface area contributed by atoms with Gasteiger partial charge in [-0.25, -0.2) is 0 Å². The third-order valence-electron chi connectivity index (χ3n) is 20.3. The number of fused-ring (bicyclic) bond motifs is 2. The zero-order valence-corrected chi connectivity index (χ0v) is 49.1. The molecule has 0 amide bonds. The van der Waals surface area contributed by atoms with Gasteiger partial charge >= 0.3 is 37.9 Å². The van der Waals surface area contributed by atoms with Crippen molar-refractivity contribution in [3.8, 4) is 22.3 Å². The van der Waals surface area contributed by atoms with E-state index in [1.807, 2.05) is 0 Å². The van der Waals surface area contributed by atoms with Crippen LogP contribution in [0.25, 0.3) is 43.8 Å². The van der Waals surface area contributed by atoms with Crippen LogP contribution in [-0.4, -0.2) is 9.52 Å². The molecule has 0 saturated heterocycles. The molecule has 6 aromatic carbocycles. The Morgan fingerprint density at radius 3 is 1.15 bits per heavy atom. The van der Waals surface area contributed by atoms with Gasteiger partial charge in [0.05, 0.1) is 0 Å². The molecule has 10 aliphatic carbocycles. The second kappa shape index (κ2) is 23.6. The molecule has 6 aromatic rings. The number of benzene rings is 4. The molecule has 10 aliphatic rings. The largest absolute Gasteiger partial charge is 0.164 e. The fraction of sp³-hybridized carbons (Fsp3) is 0.559. The van der Waals surface area contributed by atoms with E-state index in [1.54, 1.807) is 22.3 Å². The summed E-state index contributed by atoms with van der Waals surface area (Å²) in [4.78, 5) is 0. The molecule has 0 nitrogen and oxygen atoms in total. The van der Waals surface area contributed by atoms with Crippen molar-refractivity contribution >= 4 is 48.1 Å². The van der Waals surface area contributed by atoms with E-state index in [0.29, 0.717) is 10.8 Å². The summed E-state index contributed by atoms with van der Waals surface area (Å²) in [6.45, 7) is 4.46. The Balaban J connectivity index is 0.000000136. The summed E-state index contributed by atoms with van der Waals surface area (Å²) < 4.78 is 0. The van der Waals surface area contributed by atoms with Crippen molar-refractivity contribution in [2.45, 2.75) is 191 Å². The molecule has 2 radical (unpaired) electrons. The summed E-state index contributed by atoms with van der Waals surface area (Å²) in [5.41, 5.74) is 13.1. The number of hydrogen-bond acceptors (Lipinski definition) is 0. The molecule has 8 bridgehead atoms. The van der Waals surface area contributed by atoms with Gasteiger partial charge in [0.2, 0.25) is 0 Å². The smallest absolute Gasteiger partial charge is 0.00391 e. The van der Waals surface area contributed by atoms with Crippen molar-refractivity contribution in [3.05, 3.63) is 131 Å². The normalized spacial score (nSPS) is 29.2. The van der Waals surface area contributed by atoms with Crippen LogP contribution in [0, 0.1) is 47.3 Å². The minimum Gasteiger partial charge on any atom is -0.164 e. The third kappa shape index (κ3) is 11.5. The van der Waals surface area contributed by atoms with Crippen LogP contribution in [0.1, 0.15) is 177 Å². The fourth-order valence-electron chi connectivity index (χ4n) is 18.0. The van der Waals surface area contributed by atoms with E-state index in [4.69, 9.17) is 17.0 Å². The molecule has 10 saturated carbocycles. The Labute approximate surface area is 457 Å². The van der Waals surface area contributed by atoms with Crippen LogP contribution in [0.3, 0.4) is 0 Å². The van der Waals surface area contributed by atoms with Crippen molar-refractivity contribution in [2.75, 3.05) is 0 Å². The van der Waals surface area contributed by atoms with E-state index in [2.05, 4.69) is 123 Å². The zero-order valence-electron chi connectivity index (χ0n) is 44.2. The van der Waals surface area contributed by atoms with E-state index < -0.39 is 20.8 Å². The van der Waals surface area contributed by atoms with Crippen molar-refractivity contribution < 1.29 is 20.8 Å². The predicted octanol–water partition coefficient (Wildman–Crippen LogP) is 20.6. The molecule has 16 rings (SSSR count). The van der Waals surface area contributed by atoms with Gasteiger partial charge < -0.3 is 0 Å². The van der Waals surface area contributed by atoms with Gasteiger partial charge in [0.15, 0.2) is 0 Å². The first kappa shape index (κ1) is 51.9. The van der Waals surface area contributed by atoms with Gasteiger partial charge in [-0.3, -0.25) is 0 Å². The minimum absolute atomic E-state index is 0.507. The molecule has 4 heteroatoms. The molecule has 0 heterocycles. The van der Waals surface area contributed by atoms with Gasteiger partial charge in [-0.15, -0.1) is 69.1 Å². The van der Waals surface area contributed by atoms with Gasteiger partial charge in [-0.1, -0.05) is 162 Å².